The number of rotatable bonds is 5. The van der Waals surface area contributed by atoms with E-state index in [1.807, 2.05) is 18.2 Å². The van der Waals surface area contributed by atoms with Crippen molar-refractivity contribution < 1.29 is 9.13 Å². The minimum atomic E-state index is -0.251. The molecule has 1 fully saturated rings. The van der Waals surface area contributed by atoms with Gasteiger partial charge in [0.15, 0.2) is 0 Å². The monoisotopic (exact) mass is 396 g/mol. The van der Waals surface area contributed by atoms with Crippen LogP contribution in [0.3, 0.4) is 0 Å². The van der Waals surface area contributed by atoms with Gasteiger partial charge in [0.2, 0.25) is 0 Å². The van der Waals surface area contributed by atoms with E-state index in [0.29, 0.717) is 23.5 Å². The predicted molar refractivity (Wildman–Crippen MR) is 111 cm³/mol. The van der Waals surface area contributed by atoms with Crippen LogP contribution in [-0.2, 0) is 6.54 Å². The standard InChI is InChI=1S/C22H25FN4O2/c1-15(21-24-19-6-4-3-5-18(19)22(28)25-21)27-11-9-26(10-12-27)14-16-13-17(23)7-8-20(16)29-2/h3-8,13,15H,9-12,14H2,1-2H3,(H,24,25,28). The van der Waals surface area contributed by atoms with E-state index < -0.39 is 0 Å². The molecule has 1 aliphatic heterocycles. The number of nitrogens with one attached hydrogen (secondary N) is 1. The van der Waals surface area contributed by atoms with E-state index in [4.69, 9.17) is 4.74 Å². The molecule has 1 saturated heterocycles. The highest BCUT2D eigenvalue weighted by Crippen LogP contribution is 2.24. The molecule has 0 bridgehead atoms. The van der Waals surface area contributed by atoms with E-state index in [-0.39, 0.29) is 17.4 Å². The summed E-state index contributed by atoms with van der Waals surface area (Å²) >= 11 is 0. The molecule has 2 aromatic carbocycles. The van der Waals surface area contributed by atoms with Gasteiger partial charge in [0.25, 0.3) is 5.56 Å². The topological polar surface area (TPSA) is 61.5 Å². The van der Waals surface area contributed by atoms with Gasteiger partial charge < -0.3 is 9.72 Å². The molecule has 4 rings (SSSR count). The fraction of sp³-hybridized carbons (Fsp3) is 0.364. The summed E-state index contributed by atoms with van der Waals surface area (Å²) in [5, 5.41) is 0.609. The van der Waals surface area contributed by atoms with Crippen LogP contribution in [-0.4, -0.2) is 53.1 Å². The zero-order valence-electron chi connectivity index (χ0n) is 16.7. The summed E-state index contributed by atoms with van der Waals surface area (Å²) in [5.74, 6) is 1.15. The molecule has 0 radical (unpaired) electrons. The first-order valence-electron chi connectivity index (χ1n) is 9.83. The van der Waals surface area contributed by atoms with Crippen LogP contribution in [0.5, 0.6) is 5.75 Å². The largest absolute Gasteiger partial charge is 0.496 e. The normalized spacial score (nSPS) is 16.8. The van der Waals surface area contributed by atoms with E-state index in [1.54, 1.807) is 19.2 Å². The zero-order valence-corrected chi connectivity index (χ0v) is 16.7. The number of ether oxygens (including phenoxy) is 1. The number of H-pyrrole nitrogens is 1. The molecule has 29 heavy (non-hydrogen) atoms. The third-order valence-corrected chi connectivity index (χ3v) is 5.62. The molecule has 1 unspecified atom stereocenters. The fourth-order valence-electron chi connectivity index (χ4n) is 3.90. The number of aromatic nitrogens is 2. The van der Waals surface area contributed by atoms with Gasteiger partial charge in [0.05, 0.1) is 24.1 Å². The van der Waals surface area contributed by atoms with Crippen molar-refractivity contribution in [2.24, 2.45) is 0 Å². The second-order valence-corrected chi connectivity index (χ2v) is 7.41. The lowest BCUT2D eigenvalue weighted by molar-refractivity contribution is 0.0942. The quantitative estimate of drug-likeness (QED) is 0.719. The number of piperazine rings is 1. The van der Waals surface area contributed by atoms with Gasteiger partial charge in [-0.05, 0) is 37.3 Å². The van der Waals surface area contributed by atoms with Gasteiger partial charge in [-0.25, -0.2) is 9.37 Å². The highest BCUT2D eigenvalue weighted by molar-refractivity contribution is 5.77. The average molecular weight is 396 g/mol. The molecular weight excluding hydrogens is 371 g/mol. The van der Waals surface area contributed by atoms with Crippen LogP contribution >= 0.6 is 0 Å². The van der Waals surface area contributed by atoms with Crippen LogP contribution in [0.1, 0.15) is 24.4 Å². The molecule has 7 heteroatoms. The fourth-order valence-corrected chi connectivity index (χ4v) is 3.90. The smallest absolute Gasteiger partial charge is 0.258 e. The van der Waals surface area contributed by atoms with Crippen molar-refractivity contribution in [1.29, 1.82) is 0 Å². The van der Waals surface area contributed by atoms with Crippen molar-refractivity contribution in [2.45, 2.75) is 19.5 Å². The maximum Gasteiger partial charge on any atom is 0.258 e. The Balaban J connectivity index is 1.43. The van der Waals surface area contributed by atoms with Crippen LogP contribution in [0.25, 0.3) is 10.9 Å². The Morgan fingerprint density at radius 1 is 1.17 bits per heavy atom. The molecule has 152 valence electrons. The van der Waals surface area contributed by atoms with Gasteiger partial charge >= 0.3 is 0 Å². The van der Waals surface area contributed by atoms with E-state index in [9.17, 15) is 9.18 Å². The number of aromatic amines is 1. The Kier molecular flexibility index (Phi) is 5.60. The molecule has 0 saturated carbocycles. The Morgan fingerprint density at radius 2 is 1.93 bits per heavy atom. The molecule has 0 amide bonds. The molecule has 1 N–H and O–H groups in total. The van der Waals surface area contributed by atoms with E-state index >= 15 is 0 Å². The molecular formula is C22H25FN4O2. The summed E-state index contributed by atoms with van der Waals surface area (Å²) in [6.45, 7) is 6.10. The molecule has 1 atom stereocenters. The Morgan fingerprint density at radius 3 is 2.69 bits per heavy atom. The molecule has 2 heterocycles. The SMILES string of the molecule is COc1ccc(F)cc1CN1CCN(C(C)c2nc3ccccc3c(=O)[nH]2)CC1. The first kappa shape index (κ1) is 19.5. The summed E-state index contributed by atoms with van der Waals surface area (Å²) in [6.07, 6.45) is 0. The summed E-state index contributed by atoms with van der Waals surface area (Å²) in [4.78, 5) is 24.6. The number of para-hydroxylation sites is 1. The number of nitrogens with zero attached hydrogens (tertiary/aromatic N) is 3. The lowest BCUT2D eigenvalue weighted by Crippen LogP contribution is -2.47. The summed E-state index contributed by atoms with van der Waals surface area (Å²) < 4.78 is 19.0. The second kappa shape index (κ2) is 8.31. The Hall–Kier alpha value is -2.77. The van der Waals surface area contributed by atoms with Crippen molar-refractivity contribution in [3.63, 3.8) is 0 Å². The van der Waals surface area contributed by atoms with Gasteiger partial charge in [-0.3, -0.25) is 14.6 Å². The third-order valence-electron chi connectivity index (χ3n) is 5.62. The van der Waals surface area contributed by atoms with Crippen LogP contribution < -0.4 is 10.3 Å². The number of fused-ring (bicyclic) bond motifs is 1. The second-order valence-electron chi connectivity index (χ2n) is 7.41. The highest BCUT2D eigenvalue weighted by Gasteiger charge is 2.24. The number of benzene rings is 2. The summed E-state index contributed by atoms with van der Waals surface area (Å²) in [5.41, 5.74) is 1.47. The van der Waals surface area contributed by atoms with E-state index in [2.05, 4.69) is 26.7 Å². The average Bonchev–Trinajstić information content (AvgIpc) is 2.74. The van der Waals surface area contributed by atoms with Crippen LogP contribution in [0.2, 0.25) is 0 Å². The molecule has 0 aliphatic carbocycles. The van der Waals surface area contributed by atoms with E-state index in [1.165, 1.54) is 12.1 Å². The van der Waals surface area contributed by atoms with Gasteiger partial charge in [0.1, 0.15) is 17.4 Å². The summed E-state index contributed by atoms with van der Waals surface area (Å²) in [7, 11) is 1.60. The predicted octanol–water partition coefficient (Wildman–Crippen LogP) is 2.95. The van der Waals surface area contributed by atoms with Crippen molar-refractivity contribution in [3.8, 4) is 5.75 Å². The zero-order chi connectivity index (χ0) is 20.4. The maximum atomic E-state index is 13.6. The Bertz CT molecular complexity index is 1060. The lowest BCUT2D eigenvalue weighted by atomic mass is 10.1. The molecule has 1 aliphatic rings. The Labute approximate surface area is 168 Å². The van der Waals surface area contributed by atoms with E-state index in [0.717, 1.165) is 37.3 Å². The van der Waals surface area contributed by atoms with Gasteiger partial charge in [-0.2, -0.15) is 0 Å². The van der Waals surface area contributed by atoms with Gasteiger partial charge in [-0.1, -0.05) is 12.1 Å². The van der Waals surface area contributed by atoms with Crippen LogP contribution in [0.15, 0.2) is 47.3 Å². The van der Waals surface area contributed by atoms with Gasteiger partial charge in [0, 0.05) is 38.3 Å². The van der Waals surface area contributed by atoms with Crippen molar-refractivity contribution in [1.82, 2.24) is 19.8 Å². The van der Waals surface area contributed by atoms with Crippen molar-refractivity contribution in [3.05, 3.63) is 70.0 Å². The molecule has 3 aromatic rings. The van der Waals surface area contributed by atoms with Crippen LogP contribution in [0, 0.1) is 5.82 Å². The van der Waals surface area contributed by atoms with Gasteiger partial charge in [-0.15, -0.1) is 0 Å². The summed E-state index contributed by atoms with van der Waals surface area (Å²) in [6, 6.07) is 12.0. The first-order valence-corrected chi connectivity index (χ1v) is 9.83. The maximum absolute atomic E-state index is 13.6. The number of methoxy groups -OCH3 is 1. The molecule has 6 nitrogen and oxygen atoms in total. The molecule has 1 aromatic heterocycles. The third kappa shape index (κ3) is 4.16. The minimum Gasteiger partial charge on any atom is -0.496 e. The number of halogens is 1. The van der Waals surface area contributed by atoms with Crippen molar-refractivity contribution in [2.75, 3.05) is 33.3 Å². The van der Waals surface area contributed by atoms with Crippen LogP contribution in [0.4, 0.5) is 4.39 Å². The lowest BCUT2D eigenvalue weighted by Gasteiger charge is -2.37. The first-order chi connectivity index (χ1) is 14.0. The molecule has 0 spiro atoms. The number of hydrogen-bond acceptors (Lipinski definition) is 5. The number of hydrogen-bond donors (Lipinski definition) is 1. The minimum absolute atomic E-state index is 0.0122. The highest BCUT2D eigenvalue weighted by atomic mass is 19.1. The van der Waals surface area contributed by atoms with Crippen molar-refractivity contribution >= 4 is 10.9 Å².